The van der Waals surface area contributed by atoms with Gasteiger partial charge in [0.1, 0.15) is 18.3 Å². The molecular formula is C13H19N5O5. The molecule has 1 fully saturated rings. The normalized spacial score (nSPS) is 27.7. The van der Waals surface area contributed by atoms with Crippen molar-refractivity contribution < 1.29 is 20.1 Å². The Balaban J connectivity index is 2.01. The number of anilines is 1. The van der Waals surface area contributed by atoms with Gasteiger partial charge in [-0.2, -0.15) is 4.98 Å². The van der Waals surface area contributed by atoms with Crippen LogP contribution >= 0.6 is 0 Å². The molecule has 1 aliphatic heterocycles. The van der Waals surface area contributed by atoms with E-state index in [0.717, 1.165) is 6.42 Å². The van der Waals surface area contributed by atoms with Crippen molar-refractivity contribution in [1.82, 2.24) is 19.5 Å². The van der Waals surface area contributed by atoms with E-state index in [1.807, 2.05) is 6.92 Å². The molecule has 3 heterocycles. The molecule has 0 radical (unpaired) electrons. The number of H-pyrrole nitrogens is 1. The van der Waals surface area contributed by atoms with E-state index in [9.17, 15) is 15.0 Å². The minimum absolute atomic E-state index is 0.102. The van der Waals surface area contributed by atoms with Crippen LogP contribution in [0.2, 0.25) is 0 Å². The van der Waals surface area contributed by atoms with Gasteiger partial charge in [-0.05, 0) is 6.42 Å². The number of fused-ring (bicyclic) bond motifs is 1. The van der Waals surface area contributed by atoms with Crippen LogP contribution in [0.1, 0.15) is 19.6 Å². The molecule has 4 atom stereocenters. The molecule has 2 aromatic heterocycles. The van der Waals surface area contributed by atoms with Crippen molar-refractivity contribution in [2.45, 2.75) is 37.9 Å². The van der Waals surface area contributed by atoms with Crippen LogP contribution in [0.3, 0.4) is 0 Å². The van der Waals surface area contributed by atoms with Crippen molar-refractivity contribution in [2.75, 3.05) is 18.5 Å². The Morgan fingerprint density at radius 1 is 1.43 bits per heavy atom. The van der Waals surface area contributed by atoms with Crippen LogP contribution in [0, 0.1) is 0 Å². The zero-order valence-corrected chi connectivity index (χ0v) is 12.5. The SMILES string of the molecule is CCCNc1nc2c(ncn2[C@@H]2O[C@H](CO)[C@@H](O)[C@H]2O)c(=O)[nH]1. The monoisotopic (exact) mass is 325 g/mol. The Bertz CT molecular complexity index is 744. The fourth-order valence-electron chi connectivity index (χ4n) is 2.55. The van der Waals surface area contributed by atoms with Crippen LogP contribution < -0.4 is 10.9 Å². The van der Waals surface area contributed by atoms with Crippen LogP contribution in [0.4, 0.5) is 5.95 Å². The molecule has 5 N–H and O–H groups in total. The summed E-state index contributed by atoms with van der Waals surface area (Å²) in [5, 5.41) is 32.1. The maximum Gasteiger partial charge on any atom is 0.280 e. The van der Waals surface area contributed by atoms with Gasteiger partial charge in [-0.1, -0.05) is 6.92 Å². The van der Waals surface area contributed by atoms with Crippen LogP contribution in [-0.4, -0.2) is 66.3 Å². The van der Waals surface area contributed by atoms with Gasteiger partial charge in [0.05, 0.1) is 12.9 Å². The molecule has 0 aromatic carbocycles. The summed E-state index contributed by atoms with van der Waals surface area (Å²) in [5.41, 5.74) is -0.0916. The molecule has 1 saturated heterocycles. The average molecular weight is 325 g/mol. The summed E-state index contributed by atoms with van der Waals surface area (Å²) in [6.45, 7) is 2.18. The Hall–Kier alpha value is -2.01. The van der Waals surface area contributed by atoms with Gasteiger partial charge in [0.25, 0.3) is 5.56 Å². The predicted molar refractivity (Wildman–Crippen MR) is 79.9 cm³/mol. The number of hydrogen-bond acceptors (Lipinski definition) is 8. The van der Waals surface area contributed by atoms with E-state index in [0.29, 0.717) is 6.54 Å². The maximum absolute atomic E-state index is 12.1. The zero-order valence-electron chi connectivity index (χ0n) is 12.5. The molecular weight excluding hydrogens is 306 g/mol. The fraction of sp³-hybridized carbons (Fsp3) is 0.615. The number of aromatic amines is 1. The second-order valence-corrected chi connectivity index (χ2v) is 5.39. The minimum atomic E-state index is -1.27. The predicted octanol–water partition coefficient (Wildman–Crippen LogP) is -1.45. The smallest absolute Gasteiger partial charge is 0.280 e. The first-order chi connectivity index (χ1) is 11.1. The van der Waals surface area contributed by atoms with E-state index in [1.54, 1.807) is 0 Å². The summed E-state index contributed by atoms with van der Waals surface area (Å²) in [7, 11) is 0. The molecule has 0 saturated carbocycles. The number of nitrogens with zero attached hydrogens (tertiary/aromatic N) is 3. The van der Waals surface area contributed by atoms with Crippen molar-refractivity contribution in [3.8, 4) is 0 Å². The van der Waals surface area contributed by atoms with Crippen molar-refractivity contribution in [1.29, 1.82) is 0 Å². The number of aromatic nitrogens is 4. The van der Waals surface area contributed by atoms with Crippen LogP contribution in [0.5, 0.6) is 0 Å². The van der Waals surface area contributed by atoms with Crippen LogP contribution in [-0.2, 0) is 4.74 Å². The molecule has 3 rings (SSSR count). The number of rotatable bonds is 5. The summed E-state index contributed by atoms with van der Waals surface area (Å²) >= 11 is 0. The highest BCUT2D eigenvalue weighted by Gasteiger charge is 2.44. The Morgan fingerprint density at radius 2 is 2.22 bits per heavy atom. The lowest BCUT2D eigenvalue weighted by molar-refractivity contribution is -0.0511. The molecule has 2 aromatic rings. The number of imidazole rings is 1. The van der Waals surface area contributed by atoms with Gasteiger partial charge in [0.2, 0.25) is 5.95 Å². The van der Waals surface area contributed by atoms with Gasteiger partial charge >= 0.3 is 0 Å². The van der Waals surface area contributed by atoms with Gasteiger partial charge in [0, 0.05) is 6.54 Å². The van der Waals surface area contributed by atoms with Gasteiger partial charge in [-0.25, -0.2) is 4.98 Å². The molecule has 0 unspecified atom stereocenters. The Morgan fingerprint density at radius 3 is 2.87 bits per heavy atom. The van der Waals surface area contributed by atoms with Crippen molar-refractivity contribution in [2.24, 2.45) is 0 Å². The second-order valence-electron chi connectivity index (χ2n) is 5.39. The largest absolute Gasteiger partial charge is 0.394 e. The van der Waals surface area contributed by atoms with E-state index in [-0.39, 0.29) is 17.1 Å². The number of nitrogens with one attached hydrogen (secondary N) is 2. The number of ether oxygens (including phenoxy) is 1. The Labute approximate surface area is 130 Å². The lowest BCUT2D eigenvalue weighted by Crippen LogP contribution is -2.33. The van der Waals surface area contributed by atoms with Gasteiger partial charge in [-0.15, -0.1) is 0 Å². The molecule has 0 amide bonds. The van der Waals surface area contributed by atoms with Gasteiger partial charge < -0.3 is 25.4 Å². The van der Waals surface area contributed by atoms with E-state index >= 15 is 0 Å². The first-order valence-corrected chi connectivity index (χ1v) is 7.40. The Kier molecular flexibility index (Phi) is 4.31. The number of aliphatic hydroxyl groups excluding tert-OH is 3. The molecule has 126 valence electrons. The van der Waals surface area contributed by atoms with E-state index in [1.165, 1.54) is 10.9 Å². The first-order valence-electron chi connectivity index (χ1n) is 7.40. The highest BCUT2D eigenvalue weighted by molar-refractivity contribution is 5.70. The molecule has 0 aliphatic carbocycles. The highest BCUT2D eigenvalue weighted by Crippen LogP contribution is 2.30. The van der Waals surface area contributed by atoms with E-state index < -0.39 is 36.7 Å². The zero-order chi connectivity index (χ0) is 16.6. The molecule has 23 heavy (non-hydrogen) atoms. The molecule has 0 spiro atoms. The summed E-state index contributed by atoms with van der Waals surface area (Å²) < 4.78 is 6.83. The van der Waals surface area contributed by atoms with Gasteiger partial charge in [0.15, 0.2) is 17.4 Å². The number of hydrogen-bond donors (Lipinski definition) is 5. The number of aliphatic hydroxyl groups is 3. The minimum Gasteiger partial charge on any atom is -0.394 e. The standard InChI is InChI=1S/C13H19N5O5/c1-2-3-14-13-16-10-7(11(22)17-13)15-5-18(10)12-9(21)8(20)6(4-19)23-12/h5-6,8-9,12,19-21H,2-4H2,1H3,(H2,14,16,17,22)/t6-,8-,9-,12-/m1/s1. The quantitative estimate of drug-likeness (QED) is 0.449. The van der Waals surface area contributed by atoms with E-state index in [2.05, 4.69) is 20.3 Å². The van der Waals surface area contributed by atoms with Crippen molar-refractivity contribution in [3.63, 3.8) is 0 Å². The summed E-state index contributed by atoms with van der Waals surface area (Å²) in [4.78, 5) is 22.9. The summed E-state index contributed by atoms with van der Waals surface area (Å²) in [6, 6.07) is 0. The van der Waals surface area contributed by atoms with Gasteiger partial charge in [-0.3, -0.25) is 14.3 Å². The third kappa shape index (κ3) is 2.70. The van der Waals surface area contributed by atoms with Crippen molar-refractivity contribution >= 4 is 17.1 Å². The lowest BCUT2D eigenvalue weighted by Gasteiger charge is -2.16. The molecule has 1 aliphatic rings. The van der Waals surface area contributed by atoms with Crippen LogP contribution in [0.25, 0.3) is 11.2 Å². The van der Waals surface area contributed by atoms with Crippen LogP contribution in [0.15, 0.2) is 11.1 Å². The second kappa shape index (κ2) is 6.24. The maximum atomic E-state index is 12.1. The highest BCUT2D eigenvalue weighted by atomic mass is 16.6. The summed E-state index contributed by atoms with van der Waals surface area (Å²) in [6.07, 6.45) is -2.22. The average Bonchev–Trinajstić information content (AvgIpc) is 3.08. The topological polar surface area (TPSA) is 146 Å². The third-order valence-corrected chi connectivity index (χ3v) is 3.77. The first kappa shape index (κ1) is 15.9. The summed E-state index contributed by atoms with van der Waals surface area (Å²) in [5.74, 6) is 0.290. The molecule has 10 heteroatoms. The third-order valence-electron chi connectivity index (χ3n) is 3.77. The lowest BCUT2D eigenvalue weighted by atomic mass is 10.1. The van der Waals surface area contributed by atoms with E-state index in [4.69, 9.17) is 9.84 Å². The molecule has 10 nitrogen and oxygen atoms in total. The molecule has 0 bridgehead atoms. The fourth-order valence-corrected chi connectivity index (χ4v) is 2.55. The van der Waals surface area contributed by atoms with Crippen molar-refractivity contribution in [3.05, 3.63) is 16.7 Å².